The number of amides is 2. The molecule has 2 heterocycles. The van der Waals surface area contributed by atoms with Crippen molar-refractivity contribution < 1.29 is 9.59 Å². The van der Waals surface area contributed by atoms with Crippen LogP contribution in [0, 0.1) is 0 Å². The van der Waals surface area contributed by atoms with Gasteiger partial charge in [0, 0.05) is 25.3 Å². The average Bonchev–Trinajstić information content (AvgIpc) is 2.85. The first-order valence-electron chi connectivity index (χ1n) is 6.65. The van der Waals surface area contributed by atoms with Crippen LogP contribution in [0.25, 0.3) is 0 Å². The highest BCUT2D eigenvalue weighted by atomic mass is 16.2. The molecule has 1 aromatic rings. The van der Waals surface area contributed by atoms with Crippen molar-refractivity contribution in [1.29, 1.82) is 0 Å². The highest BCUT2D eigenvalue weighted by Gasteiger charge is 2.29. The first-order chi connectivity index (χ1) is 9.25. The Hall–Kier alpha value is -1.88. The van der Waals surface area contributed by atoms with Crippen molar-refractivity contribution in [1.82, 2.24) is 10.6 Å². The minimum Gasteiger partial charge on any atom is -0.353 e. The highest BCUT2D eigenvalue weighted by molar-refractivity contribution is 5.98. The quantitative estimate of drug-likeness (QED) is 0.789. The maximum Gasteiger partial charge on any atom is 0.237 e. The molecule has 0 aromatic heterocycles. The first kappa shape index (κ1) is 12.2. The van der Waals surface area contributed by atoms with Crippen molar-refractivity contribution in [2.24, 2.45) is 0 Å². The lowest BCUT2D eigenvalue weighted by molar-refractivity contribution is -0.128. The second-order valence-electron chi connectivity index (χ2n) is 4.93. The zero-order valence-electron chi connectivity index (χ0n) is 10.7. The van der Waals surface area contributed by atoms with Crippen molar-refractivity contribution in [3.8, 4) is 0 Å². The van der Waals surface area contributed by atoms with E-state index in [1.165, 1.54) is 5.56 Å². The van der Waals surface area contributed by atoms with Crippen molar-refractivity contribution >= 4 is 17.5 Å². The van der Waals surface area contributed by atoms with Gasteiger partial charge in [-0.2, -0.15) is 0 Å². The molecule has 19 heavy (non-hydrogen) atoms. The predicted octanol–water partition coefficient (Wildman–Crippen LogP) is 0.0538. The van der Waals surface area contributed by atoms with Gasteiger partial charge in [0.15, 0.2) is 0 Å². The summed E-state index contributed by atoms with van der Waals surface area (Å²) in [6.45, 7) is 2.07. The topological polar surface area (TPSA) is 61.4 Å². The number of carbonyl (C=O) groups excluding carboxylic acids is 2. The van der Waals surface area contributed by atoms with Crippen LogP contribution >= 0.6 is 0 Å². The number of para-hydroxylation sites is 1. The van der Waals surface area contributed by atoms with Crippen LogP contribution < -0.4 is 15.5 Å². The molecule has 2 aliphatic heterocycles. The second-order valence-corrected chi connectivity index (χ2v) is 4.93. The third kappa shape index (κ3) is 2.33. The van der Waals surface area contributed by atoms with E-state index in [1.807, 2.05) is 24.3 Å². The Balaban J connectivity index is 1.70. The Morgan fingerprint density at radius 1 is 1.32 bits per heavy atom. The molecule has 2 N–H and O–H groups in total. The van der Waals surface area contributed by atoms with E-state index in [9.17, 15) is 9.59 Å². The number of piperazine rings is 1. The zero-order chi connectivity index (χ0) is 13.2. The summed E-state index contributed by atoms with van der Waals surface area (Å²) in [4.78, 5) is 25.8. The maximum absolute atomic E-state index is 12.3. The minimum absolute atomic E-state index is 0.0134. The summed E-state index contributed by atoms with van der Waals surface area (Å²) in [5.74, 6) is -0.0633. The molecule has 0 bridgehead atoms. The lowest BCUT2D eigenvalue weighted by Crippen LogP contribution is -2.54. The fourth-order valence-corrected chi connectivity index (χ4v) is 2.69. The number of nitrogens with one attached hydrogen (secondary N) is 2. The molecule has 1 fully saturated rings. The van der Waals surface area contributed by atoms with Crippen LogP contribution in [-0.4, -0.2) is 37.5 Å². The Bertz CT molecular complexity index is 515. The molecule has 5 heteroatoms. The molecule has 0 radical (unpaired) electrons. The molecule has 2 amide bonds. The van der Waals surface area contributed by atoms with Crippen LogP contribution in [0.2, 0.25) is 0 Å². The predicted molar refractivity (Wildman–Crippen MR) is 71.9 cm³/mol. The smallest absolute Gasteiger partial charge is 0.237 e. The van der Waals surface area contributed by atoms with Gasteiger partial charge >= 0.3 is 0 Å². The van der Waals surface area contributed by atoms with Gasteiger partial charge in [0.25, 0.3) is 0 Å². The average molecular weight is 259 g/mol. The van der Waals surface area contributed by atoms with Crippen molar-refractivity contribution in [2.45, 2.75) is 18.9 Å². The van der Waals surface area contributed by atoms with Crippen molar-refractivity contribution in [3.05, 3.63) is 29.8 Å². The van der Waals surface area contributed by atoms with Gasteiger partial charge in [-0.3, -0.25) is 9.59 Å². The lowest BCUT2D eigenvalue weighted by Gasteiger charge is -2.25. The normalized spacial score (nSPS) is 22.0. The molecular formula is C14H17N3O2. The van der Waals surface area contributed by atoms with Crippen molar-refractivity contribution in [3.63, 3.8) is 0 Å². The molecule has 0 saturated carbocycles. The summed E-state index contributed by atoms with van der Waals surface area (Å²) >= 11 is 0. The Morgan fingerprint density at radius 2 is 2.16 bits per heavy atom. The van der Waals surface area contributed by atoms with Crippen LogP contribution in [0.4, 0.5) is 5.69 Å². The highest BCUT2D eigenvalue weighted by Crippen LogP contribution is 2.28. The third-order valence-corrected chi connectivity index (χ3v) is 3.70. The van der Waals surface area contributed by atoms with E-state index in [1.54, 1.807) is 4.90 Å². The van der Waals surface area contributed by atoms with Crippen LogP contribution in [0.5, 0.6) is 0 Å². The Labute approximate surface area is 112 Å². The van der Waals surface area contributed by atoms with E-state index in [0.717, 1.165) is 18.7 Å². The Morgan fingerprint density at radius 3 is 3.00 bits per heavy atom. The van der Waals surface area contributed by atoms with Crippen LogP contribution in [0.3, 0.4) is 0 Å². The molecule has 1 aromatic carbocycles. The summed E-state index contributed by atoms with van der Waals surface area (Å²) in [7, 11) is 0. The largest absolute Gasteiger partial charge is 0.353 e. The monoisotopic (exact) mass is 259 g/mol. The molecule has 0 aliphatic carbocycles. The molecular weight excluding hydrogens is 242 g/mol. The number of rotatable bonds is 2. The molecule has 5 nitrogen and oxygen atoms in total. The van der Waals surface area contributed by atoms with Gasteiger partial charge in [-0.15, -0.1) is 0 Å². The number of hydrogen-bond acceptors (Lipinski definition) is 3. The van der Waals surface area contributed by atoms with Crippen molar-refractivity contribution in [2.75, 3.05) is 24.5 Å². The van der Waals surface area contributed by atoms with E-state index in [4.69, 9.17) is 0 Å². The molecule has 0 unspecified atom stereocenters. The molecule has 1 atom stereocenters. The van der Waals surface area contributed by atoms with Gasteiger partial charge in [-0.05, 0) is 18.1 Å². The summed E-state index contributed by atoms with van der Waals surface area (Å²) < 4.78 is 0. The summed E-state index contributed by atoms with van der Waals surface area (Å²) in [5, 5.41) is 5.86. The first-order valence-corrected chi connectivity index (χ1v) is 6.65. The standard InChI is InChI=1S/C14H17N3O2/c18-13(9-11-14(19)16-7-6-15-11)17-8-5-10-3-1-2-4-12(10)17/h1-4,11,15H,5-9H2,(H,16,19)/t11-/m1/s1. The summed E-state index contributed by atoms with van der Waals surface area (Å²) in [6.07, 6.45) is 1.12. The van der Waals surface area contributed by atoms with Gasteiger partial charge in [0.2, 0.25) is 11.8 Å². The van der Waals surface area contributed by atoms with Gasteiger partial charge in [0.1, 0.15) is 0 Å². The molecule has 2 aliphatic rings. The number of fused-ring (bicyclic) bond motifs is 1. The number of benzene rings is 1. The zero-order valence-corrected chi connectivity index (χ0v) is 10.7. The van der Waals surface area contributed by atoms with Crippen LogP contribution in [0.1, 0.15) is 12.0 Å². The van der Waals surface area contributed by atoms with E-state index in [0.29, 0.717) is 13.1 Å². The third-order valence-electron chi connectivity index (χ3n) is 3.70. The summed E-state index contributed by atoms with van der Waals surface area (Å²) in [6, 6.07) is 7.55. The number of hydrogen-bond donors (Lipinski definition) is 2. The second kappa shape index (κ2) is 5.01. The van der Waals surface area contributed by atoms with Gasteiger partial charge in [-0.1, -0.05) is 18.2 Å². The molecule has 100 valence electrons. The van der Waals surface area contributed by atoms with Crippen LogP contribution in [0.15, 0.2) is 24.3 Å². The Kier molecular flexibility index (Phi) is 3.21. The van der Waals surface area contributed by atoms with Gasteiger partial charge in [-0.25, -0.2) is 0 Å². The van der Waals surface area contributed by atoms with E-state index in [-0.39, 0.29) is 18.2 Å². The molecule has 1 saturated heterocycles. The van der Waals surface area contributed by atoms with E-state index >= 15 is 0 Å². The van der Waals surface area contributed by atoms with E-state index < -0.39 is 6.04 Å². The van der Waals surface area contributed by atoms with Crippen LogP contribution in [-0.2, 0) is 16.0 Å². The lowest BCUT2D eigenvalue weighted by atomic mass is 10.1. The molecule has 3 rings (SSSR count). The fraction of sp³-hybridized carbons (Fsp3) is 0.429. The number of nitrogens with zero attached hydrogens (tertiary/aromatic N) is 1. The number of anilines is 1. The summed E-state index contributed by atoms with van der Waals surface area (Å²) in [5.41, 5.74) is 2.20. The van der Waals surface area contributed by atoms with Gasteiger partial charge < -0.3 is 15.5 Å². The maximum atomic E-state index is 12.3. The van der Waals surface area contributed by atoms with E-state index in [2.05, 4.69) is 10.6 Å². The number of carbonyl (C=O) groups is 2. The SMILES string of the molecule is O=C1NCCN[C@@H]1CC(=O)N1CCc2ccccc21. The minimum atomic E-state index is -0.394. The fourth-order valence-electron chi connectivity index (χ4n) is 2.69. The molecule has 0 spiro atoms. The van der Waals surface area contributed by atoms with Gasteiger partial charge in [0.05, 0.1) is 12.5 Å².